The van der Waals surface area contributed by atoms with Crippen molar-refractivity contribution in [2.75, 3.05) is 21.0 Å². The van der Waals surface area contributed by atoms with Crippen LogP contribution in [0.4, 0.5) is 0 Å². The van der Waals surface area contributed by atoms with Crippen LogP contribution in [0.5, 0.6) is 0 Å². The van der Waals surface area contributed by atoms with E-state index >= 15 is 0 Å². The second kappa shape index (κ2) is 5.71. The van der Waals surface area contributed by atoms with E-state index < -0.39 is 0 Å². The van der Waals surface area contributed by atoms with Crippen molar-refractivity contribution < 1.29 is 23.8 Å². The minimum absolute atomic E-state index is 0.207. The van der Waals surface area contributed by atoms with E-state index in [1.165, 1.54) is 11.3 Å². The van der Waals surface area contributed by atoms with Crippen molar-refractivity contribution in [2.24, 2.45) is 17.8 Å². The van der Waals surface area contributed by atoms with Gasteiger partial charge in [-0.15, -0.1) is 0 Å². The van der Waals surface area contributed by atoms with Gasteiger partial charge in [0.25, 0.3) is 0 Å². The zero-order chi connectivity index (χ0) is 15.4. The van der Waals surface area contributed by atoms with Crippen LogP contribution in [0, 0.1) is 17.8 Å². The van der Waals surface area contributed by atoms with E-state index in [0.29, 0.717) is 42.8 Å². The summed E-state index contributed by atoms with van der Waals surface area (Å²) in [5, 5.41) is 0. The molecular formula is C17H30NO4+. The number of hydrogen-bond donors (Lipinski definition) is 1. The molecule has 5 heteroatoms. The van der Waals surface area contributed by atoms with Gasteiger partial charge < -0.3 is 23.8 Å². The first kappa shape index (κ1) is 15.3. The maximum absolute atomic E-state index is 6.46. The van der Waals surface area contributed by atoms with Gasteiger partial charge in [0.1, 0.15) is 18.9 Å². The molecule has 4 fully saturated rings. The fourth-order valence-electron chi connectivity index (χ4n) is 5.51. The maximum atomic E-state index is 6.46. The van der Waals surface area contributed by atoms with Gasteiger partial charge in [-0.05, 0) is 25.2 Å². The minimum atomic E-state index is 0.207. The van der Waals surface area contributed by atoms with Crippen LogP contribution in [-0.2, 0) is 18.9 Å². The van der Waals surface area contributed by atoms with E-state index in [-0.39, 0.29) is 18.4 Å². The Hall–Kier alpha value is -0.200. The molecule has 0 spiro atoms. The molecule has 0 aromatic heterocycles. The molecule has 5 nitrogen and oxygen atoms in total. The molecule has 9 atom stereocenters. The standard InChI is InChI=1S/C17H29NO4/c1-9(2)13-7-11-15(19-4)10-5-6-12-16(21-8-20-12)14(10)18(3)17(11)22-13/h9-17H,5-8H2,1-4H3/p+1. The van der Waals surface area contributed by atoms with Gasteiger partial charge in [0.05, 0.1) is 31.3 Å². The van der Waals surface area contributed by atoms with E-state index in [1.807, 2.05) is 7.11 Å². The molecule has 9 unspecified atom stereocenters. The van der Waals surface area contributed by atoms with Crippen molar-refractivity contribution >= 4 is 0 Å². The highest BCUT2D eigenvalue weighted by molar-refractivity contribution is 5.01. The normalized spacial score (nSPS) is 54.1. The van der Waals surface area contributed by atoms with E-state index in [4.69, 9.17) is 18.9 Å². The lowest BCUT2D eigenvalue weighted by atomic mass is 9.69. The lowest BCUT2D eigenvalue weighted by Gasteiger charge is -2.50. The Morgan fingerprint density at radius 2 is 1.95 bits per heavy atom. The Morgan fingerprint density at radius 1 is 1.14 bits per heavy atom. The highest BCUT2D eigenvalue weighted by Crippen LogP contribution is 2.43. The second-order valence-electron chi connectivity index (χ2n) is 7.90. The zero-order valence-corrected chi connectivity index (χ0v) is 14.2. The molecule has 3 saturated heterocycles. The number of piperidine rings is 1. The molecular weight excluding hydrogens is 282 g/mol. The molecule has 0 bridgehead atoms. The Morgan fingerprint density at radius 3 is 2.68 bits per heavy atom. The number of methoxy groups -OCH3 is 1. The fourth-order valence-corrected chi connectivity index (χ4v) is 5.51. The van der Waals surface area contributed by atoms with Gasteiger partial charge in [-0.25, -0.2) is 0 Å². The van der Waals surface area contributed by atoms with Gasteiger partial charge in [-0.1, -0.05) is 13.8 Å². The number of ether oxygens (including phenoxy) is 4. The molecule has 0 amide bonds. The van der Waals surface area contributed by atoms with Crippen molar-refractivity contribution in [1.29, 1.82) is 0 Å². The number of likely N-dealkylation sites (tertiary alicyclic amines) is 1. The van der Waals surface area contributed by atoms with Crippen LogP contribution in [-0.4, -0.2) is 57.6 Å². The van der Waals surface area contributed by atoms with Gasteiger partial charge in [-0.3, -0.25) is 0 Å². The molecule has 0 aromatic carbocycles. The summed E-state index contributed by atoms with van der Waals surface area (Å²) in [6.45, 7) is 4.97. The van der Waals surface area contributed by atoms with Crippen LogP contribution in [0.3, 0.4) is 0 Å². The lowest BCUT2D eigenvalue weighted by molar-refractivity contribution is -0.971. The molecule has 3 aliphatic heterocycles. The van der Waals surface area contributed by atoms with Crippen LogP contribution in [0.1, 0.15) is 33.1 Å². The molecule has 3 heterocycles. The average molecular weight is 312 g/mol. The first-order valence-corrected chi connectivity index (χ1v) is 8.86. The summed E-state index contributed by atoms with van der Waals surface area (Å²) in [4.78, 5) is 1.48. The summed E-state index contributed by atoms with van der Waals surface area (Å²) in [5.74, 6) is 1.64. The molecule has 1 N–H and O–H groups in total. The maximum Gasteiger partial charge on any atom is 0.197 e. The largest absolute Gasteiger partial charge is 0.380 e. The van der Waals surface area contributed by atoms with Gasteiger partial charge in [0.15, 0.2) is 6.23 Å². The number of rotatable bonds is 2. The fraction of sp³-hybridized carbons (Fsp3) is 1.00. The summed E-state index contributed by atoms with van der Waals surface area (Å²) in [6.07, 6.45) is 4.79. The molecule has 1 aliphatic carbocycles. The zero-order valence-electron chi connectivity index (χ0n) is 14.2. The molecule has 4 aliphatic rings. The number of quaternary nitrogens is 1. The van der Waals surface area contributed by atoms with E-state index in [0.717, 1.165) is 12.8 Å². The van der Waals surface area contributed by atoms with Crippen molar-refractivity contribution in [3.05, 3.63) is 0 Å². The first-order valence-electron chi connectivity index (χ1n) is 8.86. The van der Waals surface area contributed by atoms with Crippen LogP contribution < -0.4 is 4.90 Å². The summed E-state index contributed by atoms with van der Waals surface area (Å²) >= 11 is 0. The molecule has 0 radical (unpaired) electrons. The quantitative estimate of drug-likeness (QED) is 0.803. The van der Waals surface area contributed by atoms with E-state index in [9.17, 15) is 0 Å². The van der Waals surface area contributed by atoms with Crippen molar-refractivity contribution in [3.8, 4) is 0 Å². The first-order chi connectivity index (χ1) is 10.6. The summed E-state index contributed by atoms with van der Waals surface area (Å²) in [5.41, 5.74) is 0. The van der Waals surface area contributed by atoms with Crippen LogP contribution in [0.15, 0.2) is 0 Å². The SMILES string of the molecule is COC1C2CC(C(C)C)OC2[NH+](C)C2C1CCC1OCOC12. The highest BCUT2D eigenvalue weighted by atomic mass is 16.7. The third kappa shape index (κ3) is 2.17. The summed E-state index contributed by atoms with van der Waals surface area (Å²) in [6, 6.07) is 0.429. The van der Waals surface area contributed by atoms with Crippen molar-refractivity contribution in [3.63, 3.8) is 0 Å². The third-order valence-electron chi connectivity index (χ3n) is 6.56. The Bertz CT molecular complexity index is 417. The second-order valence-corrected chi connectivity index (χ2v) is 7.90. The van der Waals surface area contributed by atoms with Crippen molar-refractivity contribution in [2.45, 2.75) is 69.8 Å². The molecule has 0 aromatic rings. The van der Waals surface area contributed by atoms with E-state index in [1.54, 1.807) is 0 Å². The van der Waals surface area contributed by atoms with Gasteiger partial charge in [0.2, 0.25) is 0 Å². The predicted molar refractivity (Wildman–Crippen MR) is 80.4 cm³/mol. The smallest absolute Gasteiger partial charge is 0.197 e. The Kier molecular flexibility index (Phi) is 3.98. The Labute approximate surface area is 133 Å². The predicted octanol–water partition coefficient (Wildman–Crippen LogP) is 0.437. The lowest BCUT2D eigenvalue weighted by Crippen LogP contribution is -3.21. The third-order valence-corrected chi connectivity index (χ3v) is 6.56. The number of nitrogens with one attached hydrogen (secondary N) is 1. The molecule has 4 rings (SSSR count). The summed E-state index contributed by atoms with van der Waals surface area (Å²) in [7, 11) is 4.16. The van der Waals surface area contributed by atoms with E-state index in [2.05, 4.69) is 20.9 Å². The topological polar surface area (TPSA) is 41.4 Å². The van der Waals surface area contributed by atoms with Crippen LogP contribution in [0.25, 0.3) is 0 Å². The monoisotopic (exact) mass is 312 g/mol. The number of fused-ring (bicyclic) bond motifs is 4. The Balaban J connectivity index is 1.63. The van der Waals surface area contributed by atoms with Gasteiger partial charge >= 0.3 is 0 Å². The van der Waals surface area contributed by atoms with Crippen LogP contribution >= 0.6 is 0 Å². The minimum Gasteiger partial charge on any atom is -0.380 e. The summed E-state index contributed by atoms with van der Waals surface area (Å²) < 4.78 is 24.2. The highest BCUT2D eigenvalue weighted by Gasteiger charge is 2.61. The van der Waals surface area contributed by atoms with Gasteiger partial charge in [0, 0.05) is 13.0 Å². The van der Waals surface area contributed by atoms with Crippen molar-refractivity contribution in [1.82, 2.24) is 0 Å². The number of likely N-dealkylation sites (N-methyl/N-ethyl adjacent to an activating group) is 1. The molecule has 1 saturated carbocycles. The van der Waals surface area contributed by atoms with Crippen LogP contribution in [0.2, 0.25) is 0 Å². The molecule has 22 heavy (non-hydrogen) atoms. The molecule has 126 valence electrons. The van der Waals surface area contributed by atoms with Gasteiger partial charge in [-0.2, -0.15) is 0 Å². The average Bonchev–Trinajstić information content (AvgIpc) is 3.13. The number of hydrogen-bond acceptors (Lipinski definition) is 4.